The van der Waals surface area contributed by atoms with Gasteiger partial charge in [-0.2, -0.15) is 0 Å². The Hall–Kier alpha value is -1.25. The van der Waals surface area contributed by atoms with Gasteiger partial charge in [0.1, 0.15) is 67.1 Å². The van der Waals surface area contributed by atoms with Gasteiger partial charge in [-0.15, -0.1) is 0 Å². The molecule has 4 fully saturated rings. The summed E-state index contributed by atoms with van der Waals surface area (Å²) in [7, 11) is 0. The molecule has 0 aromatic carbocycles. The molecule has 0 unspecified atom stereocenters. The zero-order valence-electron chi connectivity index (χ0n) is 23.0. The number of hydrogen-bond acceptors (Lipinski definition) is 20. The van der Waals surface area contributed by atoms with Crippen LogP contribution in [-0.4, -0.2) is 177 Å². The van der Waals surface area contributed by atoms with Gasteiger partial charge in [0.25, 0.3) is 0 Å². The average molecular weight is 629 g/mol. The van der Waals surface area contributed by atoms with Gasteiger partial charge < -0.3 is 98.0 Å². The fraction of sp³-hybridized carbons (Fsp3) is 0.957. The lowest BCUT2D eigenvalue weighted by Gasteiger charge is -2.47. The second kappa shape index (κ2) is 14.5. The standard InChI is InChI=1S/C23H44N6O14/c24-2-7-13(32)15(34)10(27)21(38-7)42-19-8(3-29-37)39-23(17(19)36)43-20-12(31)5(25)1-6(26)18(20)41-22-11(28)16(35)14(33)9(4-30)40-22/h3,5-23,30-37H,1-2,4,24-28H2/b29-3+/t5-,6+,7+,8-,9-,10-,11-,12+,13-,14-,15-,16-,17-,18-,19-,20-,21-,22-,23+/m1/s1. The number of hydrogen-bond donors (Lipinski definition) is 13. The zero-order valence-corrected chi connectivity index (χ0v) is 23.0. The molecule has 0 aromatic heterocycles. The normalized spacial score (nSPS) is 53.0. The lowest BCUT2D eigenvalue weighted by Crippen LogP contribution is -2.68. The molecule has 0 amide bonds. The van der Waals surface area contributed by atoms with E-state index in [4.69, 9.17) is 57.1 Å². The van der Waals surface area contributed by atoms with Crippen LogP contribution in [0.15, 0.2) is 5.16 Å². The van der Waals surface area contributed by atoms with Crippen molar-refractivity contribution in [2.75, 3.05) is 13.2 Å². The topological polar surface area (TPSA) is 360 Å². The molecule has 1 saturated carbocycles. The minimum atomic E-state index is -1.66. The van der Waals surface area contributed by atoms with Crippen molar-refractivity contribution in [1.82, 2.24) is 0 Å². The smallest absolute Gasteiger partial charge is 0.187 e. The largest absolute Gasteiger partial charge is 0.411 e. The molecule has 19 atom stereocenters. The highest BCUT2D eigenvalue weighted by molar-refractivity contribution is 5.64. The van der Waals surface area contributed by atoms with E-state index in [-0.39, 0.29) is 13.0 Å². The Morgan fingerprint density at radius 2 is 1.19 bits per heavy atom. The van der Waals surface area contributed by atoms with Crippen LogP contribution in [0.5, 0.6) is 0 Å². The van der Waals surface area contributed by atoms with Crippen LogP contribution in [0.4, 0.5) is 0 Å². The first-order valence-electron chi connectivity index (χ1n) is 13.9. The van der Waals surface area contributed by atoms with Gasteiger partial charge in [-0.05, 0) is 6.42 Å². The van der Waals surface area contributed by atoms with Crippen molar-refractivity contribution in [1.29, 1.82) is 0 Å². The second-order valence-corrected chi connectivity index (χ2v) is 11.2. The SMILES string of the molecule is NC[C@@H]1O[C@H](O[C@H]2[C@@H](O)[C@H](O[C@@H]3[C@@H](O)[C@H](N)C[C@H](N)[C@H]3O[C@H]3O[C@H](CO)[C@@H](O)[C@H](O)[C@H]3N)O[C@@H]2/C=N/O)[C@H](N)[C@@H](O)[C@@H]1O. The summed E-state index contributed by atoms with van der Waals surface area (Å²) in [5.74, 6) is 0. The van der Waals surface area contributed by atoms with Gasteiger partial charge in [-0.1, -0.05) is 5.16 Å². The Morgan fingerprint density at radius 1 is 0.651 bits per heavy atom. The second-order valence-electron chi connectivity index (χ2n) is 11.2. The predicted octanol–water partition coefficient (Wildman–Crippen LogP) is -8.39. The van der Waals surface area contributed by atoms with Crippen molar-refractivity contribution >= 4 is 6.21 Å². The Bertz CT molecular complexity index is 926. The van der Waals surface area contributed by atoms with Crippen LogP contribution in [0.25, 0.3) is 0 Å². The summed E-state index contributed by atoms with van der Waals surface area (Å²) in [6, 6.07) is -4.37. The molecule has 4 rings (SSSR count). The molecule has 250 valence electrons. The Morgan fingerprint density at radius 3 is 1.74 bits per heavy atom. The maximum atomic E-state index is 11.2. The molecule has 20 nitrogen and oxygen atoms in total. The first-order chi connectivity index (χ1) is 20.3. The van der Waals surface area contributed by atoms with E-state index in [9.17, 15) is 41.0 Å². The van der Waals surface area contributed by atoms with Gasteiger partial charge in [0.05, 0.1) is 31.0 Å². The van der Waals surface area contributed by atoms with Gasteiger partial charge in [-0.3, -0.25) is 0 Å². The van der Waals surface area contributed by atoms with Crippen molar-refractivity contribution in [2.24, 2.45) is 33.8 Å². The highest BCUT2D eigenvalue weighted by Gasteiger charge is 2.54. The molecule has 43 heavy (non-hydrogen) atoms. The molecule has 4 aliphatic rings. The van der Waals surface area contributed by atoms with Gasteiger partial charge in [0.2, 0.25) is 0 Å². The minimum absolute atomic E-state index is 0.0509. The molecule has 20 heteroatoms. The molecule has 1 aliphatic carbocycles. The molecule has 0 bridgehead atoms. The monoisotopic (exact) mass is 628 g/mol. The highest BCUT2D eigenvalue weighted by Crippen LogP contribution is 2.34. The molecule has 3 aliphatic heterocycles. The molecule has 0 radical (unpaired) electrons. The summed E-state index contributed by atoms with van der Waals surface area (Å²) < 4.78 is 34.5. The van der Waals surface area contributed by atoms with Crippen molar-refractivity contribution in [2.45, 2.75) is 123 Å². The van der Waals surface area contributed by atoms with Crippen LogP contribution in [0, 0.1) is 0 Å². The number of nitrogens with two attached hydrogens (primary N) is 5. The summed E-state index contributed by atoms with van der Waals surface area (Å²) in [5, 5.41) is 84.7. The first-order valence-corrected chi connectivity index (χ1v) is 13.9. The number of rotatable bonds is 9. The van der Waals surface area contributed by atoms with Gasteiger partial charge in [0, 0.05) is 18.6 Å². The number of aliphatic hydroxyl groups is 7. The van der Waals surface area contributed by atoms with E-state index >= 15 is 0 Å². The zero-order chi connectivity index (χ0) is 31.7. The minimum Gasteiger partial charge on any atom is -0.411 e. The summed E-state index contributed by atoms with van der Waals surface area (Å²) in [6.07, 6.45) is -20.1. The van der Waals surface area contributed by atoms with E-state index < -0.39 is 123 Å². The predicted molar refractivity (Wildman–Crippen MR) is 140 cm³/mol. The molecule has 3 heterocycles. The summed E-state index contributed by atoms with van der Waals surface area (Å²) >= 11 is 0. The Kier molecular flexibility index (Phi) is 11.6. The van der Waals surface area contributed by atoms with Crippen LogP contribution in [0.3, 0.4) is 0 Å². The van der Waals surface area contributed by atoms with Crippen molar-refractivity contribution in [3.05, 3.63) is 0 Å². The van der Waals surface area contributed by atoms with Crippen molar-refractivity contribution in [3.63, 3.8) is 0 Å². The first kappa shape index (κ1) is 34.6. The van der Waals surface area contributed by atoms with Crippen LogP contribution in [0.2, 0.25) is 0 Å². The average Bonchev–Trinajstić information content (AvgIpc) is 3.26. The highest BCUT2D eigenvalue weighted by atomic mass is 16.8. The van der Waals surface area contributed by atoms with Gasteiger partial charge in [-0.25, -0.2) is 0 Å². The molecular weight excluding hydrogens is 584 g/mol. The number of ether oxygens (including phenoxy) is 6. The van der Waals surface area contributed by atoms with Crippen molar-refractivity contribution in [3.8, 4) is 0 Å². The summed E-state index contributed by atoms with van der Waals surface area (Å²) in [5.41, 5.74) is 29.9. The van der Waals surface area contributed by atoms with E-state index in [2.05, 4.69) is 5.16 Å². The van der Waals surface area contributed by atoms with Gasteiger partial charge in [0.15, 0.2) is 18.9 Å². The third-order valence-corrected chi connectivity index (χ3v) is 8.29. The van der Waals surface area contributed by atoms with Crippen LogP contribution < -0.4 is 28.7 Å². The maximum Gasteiger partial charge on any atom is 0.187 e. The fourth-order valence-corrected chi connectivity index (χ4v) is 5.68. The Labute approximate surface area is 245 Å². The Balaban J connectivity index is 1.52. The van der Waals surface area contributed by atoms with Crippen LogP contribution in [-0.2, 0) is 28.4 Å². The van der Waals surface area contributed by atoms with Crippen molar-refractivity contribution < 1.29 is 69.4 Å². The van der Waals surface area contributed by atoms with E-state index in [0.29, 0.717) is 0 Å². The maximum absolute atomic E-state index is 11.2. The van der Waals surface area contributed by atoms with E-state index in [1.165, 1.54) is 0 Å². The molecular formula is C23H44N6O14. The molecule has 18 N–H and O–H groups in total. The molecule has 0 spiro atoms. The lowest BCUT2D eigenvalue weighted by atomic mass is 9.84. The van der Waals surface area contributed by atoms with E-state index in [1.54, 1.807) is 0 Å². The van der Waals surface area contributed by atoms with E-state index in [1.807, 2.05) is 0 Å². The van der Waals surface area contributed by atoms with Gasteiger partial charge >= 0.3 is 0 Å². The summed E-state index contributed by atoms with van der Waals surface area (Å²) in [6.45, 7) is -0.852. The number of nitrogens with zero attached hydrogens (tertiary/aromatic N) is 1. The third kappa shape index (κ3) is 6.96. The quantitative estimate of drug-likeness (QED) is 0.0640. The number of oxime groups is 1. The molecule has 3 saturated heterocycles. The molecule has 0 aromatic rings. The number of aliphatic hydroxyl groups excluding tert-OH is 7. The van der Waals surface area contributed by atoms with Crippen LogP contribution >= 0.6 is 0 Å². The van der Waals surface area contributed by atoms with Crippen LogP contribution in [0.1, 0.15) is 6.42 Å². The van der Waals surface area contributed by atoms with E-state index in [0.717, 1.165) is 6.21 Å². The summed E-state index contributed by atoms with van der Waals surface area (Å²) in [4.78, 5) is 0. The lowest BCUT2D eigenvalue weighted by molar-refractivity contribution is -0.310. The fourth-order valence-electron chi connectivity index (χ4n) is 5.68. The third-order valence-electron chi connectivity index (χ3n) is 8.29.